The maximum absolute atomic E-state index is 13.4. The van der Waals surface area contributed by atoms with Crippen molar-refractivity contribution in [1.82, 2.24) is 4.98 Å². The molecule has 0 bridgehead atoms. The van der Waals surface area contributed by atoms with Crippen molar-refractivity contribution in [3.05, 3.63) is 79.0 Å². The molecule has 0 saturated carbocycles. The number of sulfone groups is 1. The molecule has 5 rings (SSSR count). The number of nitrogens with one attached hydrogen (secondary N) is 1. The number of fused-ring (bicyclic) bond motifs is 2. The number of aromatic nitrogens is 1. The third kappa shape index (κ3) is 3.23. The van der Waals surface area contributed by atoms with Crippen LogP contribution in [0.4, 0.5) is 11.4 Å². The van der Waals surface area contributed by atoms with E-state index in [-0.39, 0.29) is 9.79 Å². The number of rotatable bonds is 4. The third-order valence-electron chi connectivity index (χ3n) is 4.90. The Hall–Kier alpha value is -3.58. The van der Waals surface area contributed by atoms with Crippen molar-refractivity contribution >= 4 is 32.1 Å². The molecule has 7 heteroatoms. The first-order chi connectivity index (χ1) is 14.6. The lowest BCUT2D eigenvalue weighted by molar-refractivity contribution is 0.171. The predicted octanol–water partition coefficient (Wildman–Crippen LogP) is 4.58. The van der Waals surface area contributed by atoms with Gasteiger partial charge in [-0.3, -0.25) is 4.98 Å². The van der Waals surface area contributed by atoms with Gasteiger partial charge >= 0.3 is 0 Å². The molecular weight excluding hydrogens is 400 g/mol. The summed E-state index contributed by atoms with van der Waals surface area (Å²) >= 11 is 0. The first-order valence-electron chi connectivity index (χ1n) is 9.47. The molecule has 0 spiro atoms. The fourth-order valence-corrected chi connectivity index (χ4v) is 4.84. The average molecular weight is 418 g/mol. The van der Waals surface area contributed by atoms with E-state index in [2.05, 4.69) is 10.3 Å². The molecular formula is C23H18N2O4S. The number of pyridine rings is 1. The zero-order chi connectivity index (χ0) is 20.6. The third-order valence-corrected chi connectivity index (χ3v) is 6.68. The van der Waals surface area contributed by atoms with Gasteiger partial charge < -0.3 is 14.8 Å². The van der Waals surface area contributed by atoms with E-state index in [9.17, 15) is 8.42 Å². The summed E-state index contributed by atoms with van der Waals surface area (Å²) < 4.78 is 38.0. The highest BCUT2D eigenvalue weighted by atomic mass is 32.2. The number of ether oxygens (including phenoxy) is 2. The summed E-state index contributed by atoms with van der Waals surface area (Å²) in [6.07, 6.45) is 1.41. The Labute approximate surface area is 174 Å². The predicted molar refractivity (Wildman–Crippen MR) is 114 cm³/mol. The summed E-state index contributed by atoms with van der Waals surface area (Å²) in [4.78, 5) is 4.71. The number of para-hydroxylation sites is 1. The Morgan fingerprint density at radius 3 is 2.40 bits per heavy atom. The topological polar surface area (TPSA) is 77.5 Å². The second-order valence-electron chi connectivity index (χ2n) is 6.81. The van der Waals surface area contributed by atoms with E-state index in [1.165, 1.54) is 6.20 Å². The number of anilines is 2. The summed E-state index contributed by atoms with van der Waals surface area (Å²) in [7, 11) is -3.78. The van der Waals surface area contributed by atoms with Crippen LogP contribution in [0.15, 0.2) is 88.8 Å². The summed E-state index contributed by atoms with van der Waals surface area (Å²) in [5.41, 5.74) is 1.87. The molecule has 1 aliphatic rings. The largest absolute Gasteiger partial charge is 0.486 e. The van der Waals surface area contributed by atoms with Crippen LogP contribution in [0.2, 0.25) is 0 Å². The number of hydrogen-bond acceptors (Lipinski definition) is 6. The van der Waals surface area contributed by atoms with E-state index in [4.69, 9.17) is 9.47 Å². The number of hydrogen-bond donors (Lipinski definition) is 1. The van der Waals surface area contributed by atoms with E-state index in [0.717, 1.165) is 0 Å². The minimum atomic E-state index is -3.78. The molecule has 2 heterocycles. The number of benzene rings is 3. The van der Waals surface area contributed by atoms with Gasteiger partial charge in [0.05, 0.1) is 16.1 Å². The van der Waals surface area contributed by atoms with E-state index in [1.54, 1.807) is 30.3 Å². The molecule has 0 atom stereocenters. The highest BCUT2D eigenvalue weighted by Gasteiger charge is 2.24. The van der Waals surface area contributed by atoms with Gasteiger partial charge in [0.1, 0.15) is 18.1 Å². The van der Waals surface area contributed by atoms with Crippen molar-refractivity contribution in [3.63, 3.8) is 0 Å². The van der Waals surface area contributed by atoms with E-state index in [0.29, 0.717) is 47.0 Å². The fraction of sp³-hybridized carbons (Fsp3) is 0.0870. The lowest BCUT2D eigenvalue weighted by Crippen LogP contribution is -2.15. The van der Waals surface area contributed by atoms with Crippen LogP contribution in [0.25, 0.3) is 10.9 Å². The van der Waals surface area contributed by atoms with Crippen molar-refractivity contribution in [2.75, 3.05) is 18.5 Å². The van der Waals surface area contributed by atoms with Crippen LogP contribution >= 0.6 is 0 Å². The molecule has 150 valence electrons. The van der Waals surface area contributed by atoms with Gasteiger partial charge in [-0.25, -0.2) is 8.42 Å². The standard InChI is InChI=1S/C23H18N2O4S/c26-30(27,17-6-2-1-3-7-17)22-15-24-19-9-5-4-8-18(19)23(22)25-16-10-11-20-21(14-16)29-13-12-28-20/h1-11,14-15H,12-13H2,(H,24,25). The fourth-order valence-electron chi connectivity index (χ4n) is 3.45. The van der Waals surface area contributed by atoms with Crippen molar-refractivity contribution in [1.29, 1.82) is 0 Å². The molecule has 0 unspecified atom stereocenters. The minimum Gasteiger partial charge on any atom is -0.486 e. The van der Waals surface area contributed by atoms with Crippen molar-refractivity contribution in [3.8, 4) is 11.5 Å². The SMILES string of the molecule is O=S(=O)(c1ccccc1)c1cnc2ccccc2c1Nc1ccc2c(c1)OCCO2. The molecule has 3 aromatic carbocycles. The van der Waals surface area contributed by atoms with Crippen molar-refractivity contribution < 1.29 is 17.9 Å². The average Bonchev–Trinajstić information content (AvgIpc) is 2.79. The van der Waals surface area contributed by atoms with Crippen molar-refractivity contribution in [2.45, 2.75) is 9.79 Å². The molecule has 1 aromatic heterocycles. The van der Waals surface area contributed by atoms with E-state index in [1.807, 2.05) is 42.5 Å². The molecule has 0 saturated heterocycles. The zero-order valence-corrected chi connectivity index (χ0v) is 16.7. The Morgan fingerprint density at radius 1 is 0.833 bits per heavy atom. The van der Waals surface area contributed by atoms with Gasteiger partial charge in [-0.05, 0) is 30.3 Å². The summed E-state index contributed by atoms with van der Waals surface area (Å²) in [6.45, 7) is 0.983. The normalized spacial score (nSPS) is 13.2. The van der Waals surface area contributed by atoms with Gasteiger partial charge in [-0.1, -0.05) is 36.4 Å². The number of nitrogens with zero attached hydrogens (tertiary/aromatic N) is 1. The van der Waals surface area contributed by atoms with Crippen molar-refractivity contribution in [2.24, 2.45) is 0 Å². The van der Waals surface area contributed by atoms with Crippen LogP contribution in [0.3, 0.4) is 0 Å². The maximum Gasteiger partial charge on any atom is 0.210 e. The monoisotopic (exact) mass is 418 g/mol. The summed E-state index contributed by atoms with van der Waals surface area (Å²) in [6, 6.07) is 21.2. The van der Waals surface area contributed by atoms with Gasteiger partial charge in [0.25, 0.3) is 0 Å². The molecule has 0 radical (unpaired) electrons. The van der Waals surface area contributed by atoms with Crippen LogP contribution in [-0.2, 0) is 9.84 Å². The first kappa shape index (κ1) is 18.4. The van der Waals surface area contributed by atoms with Gasteiger partial charge in [-0.15, -0.1) is 0 Å². The van der Waals surface area contributed by atoms with Crippen LogP contribution in [-0.4, -0.2) is 26.6 Å². The van der Waals surface area contributed by atoms with Crippen LogP contribution in [0.5, 0.6) is 11.5 Å². The summed E-state index contributed by atoms with van der Waals surface area (Å²) in [5, 5.41) is 4.00. The molecule has 0 fully saturated rings. The molecule has 1 N–H and O–H groups in total. The highest BCUT2D eigenvalue weighted by Crippen LogP contribution is 2.38. The smallest absolute Gasteiger partial charge is 0.210 e. The molecule has 4 aromatic rings. The lowest BCUT2D eigenvalue weighted by Gasteiger charge is -2.20. The summed E-state index contributed by atoms with van der Waals surface area (Å²) in [5.74, 6) is 1.29. The van der Waals surface area contributed by atoms with Gasteiger partial charge in [-0.2, -0.15) is 0 Å². The minimum absolute atomic E-state index is 0.113. The van der Waals surface area contributed by atoms with Crippen LogP contribution in [0.1, 0.15) is 0 Å². The molecule has 1 aliphatic heterocycles. The second-order valence-corrected chi connectivity index (χ2v) is 8.73. The lowest BCUT2D eigenvalue weighted by atomic mass is 10.1. The van der Waals surface area contributed by atoms with Gasteiger partial charge in [0, 0.05) is 23.3 Å². The van der Waals surface area contributed by atoms with Gasteiger partial charge in [0.15, 0.2) is 11.5 Å². The molecule has 30 heavy (non-hydrogen) atoms. The molecule has 0 amide bonds. The highest BCUT2D eigenvalue weighted by molar-refractivity contribution is 7.91. The van der Waals surface area contributed by atoms with Crippen LogP contribution < -0.4 is 14.8 Å². The second kappa shape index (κ2) is 7.35. The van der Waals surface area contributed by atoms with Crippen LogP contribution in [0, 0.1) is 0 Å². The van der Waals surface area contributed by atoms with Gasteiger partial charge in [0.2, 0.25) is 9.84 Å². The Balaban J connectivity index is 1.67. The Kier molecular flexibility index (Phi) is 4.52. The Morgan fingerprint density at radius 2 is 1.57 bits per heavy atom. The quantitative estimate of drug-likeness (QED) is 0.523. The van der Waals surface area contributed by atoms with E-state index >= 15 is 0 Å². The first-order valence-corrected chi connectivity index (χ1v) is 11.0. The molecule has 0 aliphatic carbocycles. The zero-order valence-electron chi connectivity index (χ0n) is 15.9. The van der Waals surface area contributed by atoms with E-state index < -0.39 is 9.84 Å². The molecule has 6 nitrogen and oxygen atoms in total. The maximum atomic E-state index is 13.4. The Bertz CT molecular complexity index is 1340.